The number of piperidine rings is 2. The Morgan fingerprint density at radius 3 is 2.57 bits per heavy atom. The summed E-state index contributed by atoms with van der Waals surface area (Å²) in [6.45, 7) is 7.53. The molecular formula is C18H32N2O. The maximum atomic E-state index is 13.3. The molecule has 0 aromatic carbocycles. The molecule has 3 heteroatoms. The van der Waals surface area contributed by atoms with Crippen molar-refractivity contribution in [2.75, 3.05) is 19.6 Å². The normalized spacial score (nSPS) is 34.4. The van der Waals surface area contributed by atoms with Gasteiger partial charge in [-0.3, -0.25) is 4.79 Å². The van der Waals surface area contributed by atoms with Crippen molar-refractivity contribution in [1.29, 1.82) is 0 Å². The zero-order valence-corrected chi connectivity index (χ0v) is 13.9. The number of amides is 1. The van der Waals surface area contributed by atoms with Crippen LogP contribution in [0.3, 0.4) is 0 Å². The van der Waals surface area contributed by atoms with E-state index in [0.717, 1.165) is 25.6 Å². The molecule has 2 saturated heterocycles. The Morgan fingerprint density at radius 2 is 1.81 bits per heavy atom. The van der Waals surface area contributed by atoms with Gasteiger partial charge >= 0.3 is 0 Å². The maximum absolute atomic E-state index is 13.3. The van der Waals surface area contributed by atoms with Gasteiger partial charge in [-0.1, -0.05) is 26.7 Å². The second-order valence-corrected chi connectivity index (χ2v) is 8.02. The SMILES string of the molecule is CC(C)(C(=O)N1CCCC2CCCCC21)C1CCCNC1. The Kier molecular flexibility index (Phi) is 4.58. The lowest BCUT2D eigenvalue weighted by atomic mass is 9.72. The van der Waals surface area contributed by atoms with Crippen LogP contribution in [0.2, 0.25) is 0 Å². The molecule has 2 heterocycles. The summed E-state index contributed by atoms with van der Waals surface area (Å²) < 4.78 is 0. The summed E-state index contributed by atoms with van der Waals surface area (Å²) in [5.41, 5.74) is -0.202. The number of hydrogen-bond donors (Lipinski definition) is 1. The average Bonchev–Trinajstić information content (AvgIpc) is 2.54. The number of rotatable bonds is 2. The summed E-state index contributed by atoms with van der Waals surface area (Å²) in [6, 6.07) is 0.552. The van der Waals surface area contributed by atoms with E-state index in [1.54, 1.807) is 0 Å². The van der Waals surface area contributed by atoms with Crippen molar-refractivity contribution in [2.24, 2.45) is 17.3 Å². The fourth-order valence-electron chi connectivity index (χ4n) is 4.89. The van der Waals surface area contributed by atoms with Gasteiger partial charge < -0.3 is 10.2 Å². The highest BCUT2D eigenvalue weighted by atomic mass is 16.2. The van der Waals surface area contributed by atoms with Crippen molar-refractivity contribution in [1.82, 2.24) is 10.2 Å². The molecular weight excluding hydrogens is 260 g/mol. The van der Waals surface area contributed by atoms with E-state index in [-0.39, 0.29) is 5.41 Å². The van der Waals surface area contributed by atoms with E-state index in [9.17, 15) is 4.79 Å². The van der Waals surface area contributed by atoms with Crippen molar-refractivity contribution >= 4 is 5.91 Å². The van der Waals surface area contributed by atoms with Crippen LogP contribution in [0.15, 0.2) is 0 Å². The summed E-state index contributed by atoms with van der Waals surface area (Å²) in [6.07, 6.45) is 10.3. The molecule has 3 aliphatic rings. The molecule has 21 heavy (non-hydrogen) atoms. The molecule has 3 unspecified atom stereocenters. The third-order valence-electron chi connectivity index (χ3n) is 6.37. The van der Waals surface area contributed by atoms with Gasteiger partial charge in [-0.05, 0) is 63.5 Å². The van der Waals surface area contributed by atoms with Crippen molar-refractivity contribution in [2.45, 2.75) is 71.3 Å². The fraction of sp³-hybridized carbons (Fsp3) is 0.944. The summed E-state index contributed by atoms with van der Waals surface area (Å²) in [4.78, 5) is 15.6. The molecule has 1 N–H and O–H groups in total. The predicted octanol–water partition coefficient (Wildman–Crippen LogP) is 3.19. The summed E-state index contributed by atoms with van der Waals surface area (Å²) >= 11 is 0. The molecule has 3 rings (SSSR count). The molecule has 3 fully saturated rings. The maximum Gasteiger partial charge on any atom is 0.228 e. The fourth-order valence-corrected chi connectivity index (χ4v) is 4.89. The lowest BCUT2D eigenvalue weighted by molar-refractivity contribution is -0.150. The molecule has 3 nitrogen and oxygen atoms in total. The van der Waals surface area contributed by atoms with Gasteiger partial charge in [-0.25, -0.2) is 0 Å². The Hall–Kier alpha value is -0.570. The first-order valence-electron chi connectivity index (χ1n) is 9.12. The van der Waals surface area contributed by atoms with Crippen LogP contribution in [-0.2, 0) is 4.79 Å². The lowest BCUT2D eigenvalue weighted by Gasteiger charge is -2.48. The Labute approximate surface area is 129 Å². The molecule has 0 aromatic rings. The molecule has 1 saturated carbocycles. The second-order valence-electron chi connectivity index (χ2n) is 8.02. The van der Waals surface area contributed by atoms with Crippen LogP contribution < -0.4 is 5.32 Å². The molecule has 3 atom stereocenters. The van der Waals surface area contributed by atoms with Gasteiger partial charge in [-0.15, -0.1) is 0 Å². The van der Waals surface area contributed by atoms with Gasteiger partial charge in [0.1, 0.15) is 0 Å². The van der Waals surface area contributed by atoms with Crippen LogP contribution >= 0.6 is 0 Å². The first-order chi connectivity index (χ1) is 10.1. The molecule has 1 amide bonds. The van der Waals surface area contributed by atoms with Gasteiger partial charge in [0.25, 0.3) is 0 Å². The van der Waals surface area contributed by atoms with Gasteiger partial charge in [0.2, 0.25) is 5.91 Å². The Bertz CT molecular complexity index is 371. The molecule has 0 spiro atoms. The number of carbonyl (C=O) groups excluding carboxylic acids is 1. The van der Waals surface area contributed by atoms with E-state index in [1.807, 2.05) is 0 Å². The smallest absolute Gasteiger partial charge is 0.228 e. The minimum atomic E-state index is -0.202. The van der Waals surface area contributed by atoms with E-state index >= 15 is 0 Å². The summed E-state index contributed by atoms with van der Waals surface area (Å²) in [7, 11) is 0. The largest absolute Gasteiger partial charge is 0.339 e. The van der Waals surface area contributed by atoms with Crippen molar-refractivity contribution in [3.63, 3.8) is 0 Å². The molecule has 0 aromatic heterocycles. The summed E-state index contributed by atoms with van der Waals surface area (Å²) in [5.74, 6) is 1.73. The number of hydrogen-bond acceptors (Lipinski definition) is 2. The van der Waals surface area contributed by atoms with Gasteiger partial charge in [0.05, 0.1) is 0 Å². The minimum absolute atomic E-state index is 0.202. The van der Waals surface area contributed by atoms with Crippen LogP contribution in [0.25, 0.3) is 0 Å². The third-order valence-corrected chi connectivity index (χ3v) is 6.37. The third kappa shape index (κ3) is 2.99. The van der Waals surface area contributed by atoms with Crippen LogP contribution in [0.4, 0.5) is 0 Å². The zero-order valence-electron chi connectivity index (χ0n) is 13.9. The van der Waals surface area contributed by atoms with Crippen LogP contribution in [0, 0.1) is 17.3 Å². The number of fused-ring (bicyclic) bond motifs is 1. The molecule has 2 aliphatic heterocycles. The van der Waals surface area contributed by atoms with Crippen molar-refractivity contribution in [3.8, 4) is 0 Å². The first kappa shape index (κ1) is 15.3. The van der Waals surface area contributed by atoms with Crippen LogP contribution in [-0.4, -0.2) is 36.5 Å². The van der Waals surface area contributed by atoms with E-state index in [0.29, 0.717) is 17.9 Å². The number of likely N-dealkylation sites (tertiary alicyclic amines) is 1. The van der Waals surface area contributed by atoms with Crippen LogP contribution in [0.5, 0.6) is 0 Å². The van der Waals surface area contributed by atoms with Crippen molar-refractivity contribution < 1.29 is 4.79 Å². The number of nitrogens with one attached hydrogen (secondary N) is 1. The Morgan fingerprint density at radius 1 is 1.05 bits per heavy atom. The molecule has 120 valence electrons. The number of nitrogens with zero attached hydrogens (tertiary/aromatic N) is 1. The average molecular weight is 292 g/mol. The van der Waals surface area contributed by atoms with E-state index < -0.39 is 0 Å². The lowest BCUT2D eigenvalue weighted by Crippen LogP contribution is -2.56. The molecule has 0 bridgehead atoms. The van der Waals surface area contributed by atoms with Gasteiger partial charge in [-0.2, -0.15) is 0 Å². The monoisotopic (exact) mass is 292 g/mol. The predicted molar refractivity (Wildman–Crippen MR) is 86.1 cm³/mol. The number of carbonyl (C=O) groups is 1. The van der Waals surface area contributed by atoms with Crippen LogP contribution in [0.1, 0.15) is 65.2 Å². The quantitative estimate of drug-likeness (QED) is 0.847. The topological polar surface area (TPSA) is 32.3 Å². The van der Waals surface area contributed by atoms with Gasteiger partial charge in [0, 0.05) is 18.0 Å². The van der Waals surface area contributed by atoms with E-state index in [2.05, 4.69) is 24.1 Å². The highest BCUT2D eigenvalue weighted by Crippen LogP contribution is 2.40. The summed E-state index contributed by atoms with van der Waals surface area (Å²) in [5, 5.41) is 3.48. The standard InChI is InChI=1S/C18H32N2O/c1-18(2,15-9-5-11-19-13-15)17(21)20-12-6-8-14-7-3-4-10-16(14)20/h14-16,19H,3-13H2,1-2H3. The van der Waals surface area contributed by atoms with Gasteiger partial charge in [0.15, 0.2) is 0 Å². The van der Waals surface area contributed by atoms with E-state index in [4.69, 9.17) is 0 Å². The molecule has 1 aliphatic carbocycles. The highest BCUT2D eigenvalue weighted by Gasteiger charge is 2.44. The highest BCUT2D eigenvalue weighted by molar-refractivity contribution is 5.82. The first-order valence-corrected chi connectivity index (χ1v) is 9.12. The molecule has 0 radical (unpaired) electrons. The van der Waals surface area contributed by atoms with E-state index in [1.165, 1.54) is 51.4 Å². The minimum Gasteiger partial charge on any atom is -0.339 e. The zero-order chi connectivity index (χ0) is 14.9. The Balaban J connectivity index is 1.72. The second kappa shape index (κ2) is 6.28. The van der Waals surface area contributed by atoms with Crippen molar-refractivity contribution in [3.05, 3.63) is 0 Å².